The van der Waals surface area contributed by atoms with Crippen LogP contribution in [-0.4, -0.2) is 34.4 Å². The largest absolute Gasteiger partial charge is 0.262 e. The Morgan fingerprint density at radius 1 is 1.17 bits per heavy atom. The molecule has 2 heterocycles. The van der Waals surface area contributed by atoms with E-state index in [9.17, 15) is 8.42 Å². The molecule has 1 aromatic heterocycles. The summed E-state index contributed by atoms with van der Waals surface area (Å²) in [4.78, 5) is 4.99. The van der Waals surface area contributed by atoms with Crippen LogP contribution in [-0.2, 0) is 10.0 Å². The topological polar surface area (TPSA) is 79.0 Å². The molecular weight excluding hydrogens is 324 g/mol. The highest BCUT2D eigenvalue weighted by molar-refractivity contribution is 7.89. The quantitative estimate of drug-likeness (QED) is 0.923. The Labute approximate surface area is 142 Å². The molecule has 2 fully saturated rings. The second-order valence-electron chi connectivity index (χ2n) is 6.75. The lowest BCUT2D eigenvalue weighted by atomic mass is 10.0. The average molecular weight is 346 g/mol. The van der Waals surface area contributed by atoms with E-state index >= 15 is 0 Å². The van der Waals surface area contributed by atoms with Crippen LogP contribution in [0, 0.1) is 6.92 Å². The zero-order valence-corrected chi connectivity index (χ0v) is 14.6. The Kier molecular flexibility index (Phi) is 3.92. The third-order valence-corrected chi connectivity index (χ3v) is 6.98. The number of hydrogen-bond acceptors (Lipinski definition) is 4. The van der Waals surface area contributed by atoms with E-state index in [0.717, 1.165) is 43.5 Å². The van der Waals surface area contributed by atoms with Crippen LogP contribution in [0.5, 0.6) is 0 Å². The van der Waals surface area contributed by atoms with Crippen molar-refractivity contribution in [3.05, 3.63) is 41.5 Å². The van der Waals surface area contributed by atoms with Gasteiger partial charge in [0.05, 0.1) is 10.9 Å². The molecule has 1 aliphatic heterocycles. The number of piperidine rings is 1. The molecule has 6 nitrogen and oxygen atoms in total. The highest BCUT2D eigenvalue weighted by Crippen LogP contribution is 2.39. The molecule has 128 valence electrons. The molecule has 0 radical (unpaired) electrons. The van der Waals surface area contributed by atoms with Gasteiger partial charge in [0.15, 0.2) is 5.82 Å². The van der Waals surface area contributed by atoms with Gasteiger partial charge >= 0.3 is 0 Å². The number of rotatable bonds is 4. The van der Waals surface area contributed by atoms with Gasteiger partial charge in [-0.05, 0) is 44.2 Å². The molecule has 1 atom stereocenters. The summed E-state index contributed by atoms with van der Waals surface area (Å²) in [5, 5.41) is 7.30. The molecule has 1 aliphatic carbocycles. The van der Waals surface area contributed by atoms with Crippen LogP contribution in [0.3, 0.4) is 0 Å². The fourth-order valence-corrected chi connectivity index (χ4v) is 5.29. The molecule has 1 N–H and O–H groups in total. The lowest BCUT2D eigenvalue weighted by Crippen LogP contribution is -2.39. The number of aromatic nitrogens is 3. The van der Waals surface area contributed by atoms with Crippen LogP contribution < -0.4 is 0 Å². The van der Waals surface area contributed by atoms with Gasteiger partial charge < -0.3 is 0 Å². The zero-order valence-electron chi connectivity index (χ0n) is 13.8. The molecule has 1 saturated carbocycles. The summed E-state index contributed by atoms with van der Waals surface area (Å²) >= 11 is 0. The van der Waals surface area contributed by atoms with Crippen molar-refractivity contribution in [2.75, 3.05) is 6.54 Å². The predicted molar refractivity (Wildman–Crippen MR) is 90.0 cm³/mol. The average Bonchev–Trinajstić information content (AvgIpc) is 3.32. The normalized spacial score (nSPS) is 22.6. The SMILES string of the molecule is Cc1ccccc1S(=O)(=O)N1CCCCC1c1nc(C2CC2)n[nH]1. The number of sulfonamides is 1. The van der Waals surface area contributed by atoms with Crippen molar-refractivity contribution in [3.8, 4) is 0 Å². The van der Waals surface area contributed by atoms with Crippen LogP contribution in [0.2, 0.25) is 0 Å². The number of aryl methyl sites for hydroxylation is 1. The molecule has 2 aromatic rings. The summed E-state index contributed by atoms with van der Waals surface area (Å²) in [6, 6.07) is 6.92. The summed E-state index contributed by atoms with van der Waals surface area (Å²) in [5.74, 6) is 1.98. The lowest BCUT2D eigenvalue weighted by Gasteiger charge is -2.33. The van der Waals surface area contributed by atoms with E-state index in [1.165, 1.54) is 0 Å². The first-order valence-corrected chi connectivity index (χ1v) is 10.0. The van der Waals surface area contributed by atoms with Crippen LogP contribution in [0.4, 0.5) is 0 Å². The first kappa shape index (κ1) is 15.8. The van der Waals surface area contributed by atoms with Crippen molar-refractivity contribution in [1.29, 1.82) is 0 Å². The Balaban J connectivity index is 1.69. The molecule has 0 spiro atoms. The monoisotopic (exact) mass is 346 g/mol. The van der Waals surface area contributed by atoms with E-state index < -0.39 is 10.0 Å². The summed E-state index contributed by atoms with van der Waals surface area (Å²) in [7, 11) is -3.54. The van der Waals surface area contributed by atoms with Gasteiger partial charge in [-0.3, -0.25) is 5.10 Å². The number of hydrogen-bond donors (Lipinski definition) is 1. The fourth-order valence-electron chi connectivity index (χ4n) is 3.40. The van der Waals surface area contributed by atoms with Gasteiger partial charge in [-0.25, -0.2) is 13.4 Å². The third-order valence-electron chi connectivity index (χ3n) is 4.91. The molecule has 1 unspecified atom stereocenters. The number of benzene rings is 1. The maximum Gasteiger partial charge on any atom is 0.244 e. The fraction of sp³-hybridized carbons (Fsp3) is 0.529. The summed E-state index contributed by atoms with van der Waals surface area (Å²) in [5.41, 5.74) is 0.776. The van der Waals surface area contributed by atoms with Gasteiger partial charge in [0.2, 0.25) is 10.0 Å². The highest BCUT2D eigenvalue weighted by atomic mass is 32.2. The smallest absolute Gasteiger partial charge is 0.244 e. The highest BCUT2D eigenvalue weighted by Gasteiger charge is 2.37. The molecular formula is C17H22N4O2S. The van der Waals surface area contributed by atoms with Crippen molar-refractivity contribution in [1.82, 2.24) is 19.5 Å². The minimum Gasteiger partial charge on any atom is -0.262 e. The van der Waals surface area contributed by atoms with E-state index in [4.69, 9.17) is 0 Å². The molecule has 2 aliphatic rings. The van der Waals surface area contributed by atoms with Gasteiger partial charge in [-0.15, -0.1) is 0 Å². The van der Waals surface area contributed by atoms with Crippen molar-refractivity contribution >= 4 is 10.0 Å². The van der Waals surface area contributed by atoms with Crippen LogP contribution in [0.25, 0.3) is 0 Å². The van der Waals surface area contributed by atoms with Crippen LogP contribution >= 0.6 is 0 Å². The first-order chi connectivity index (χ1) is 11.6. The minimum absolute atomic E-state index is 0.247. The molecule has 1 saturated heterocycles. The predicted octanol–water partition coefficient (Wildman–Crippen LogP) is 2.91. The van der Waals surface area contributed by atoms with E-state index in [-0.39, 0.29) is 6.04 Å². The van der Waals surface area contributed by atoms with E-state index in [1.807, 2.05) is 19.1 Å². The van der Waals surface area contributed by atoms with Crippen LogP contribution in [0.15, 0.2) is 29.2 Å². The third kappa shape index (κ3) is 2.75. The maximum absolute atomic E-state index is 13.2. The second-order valence-corrected chi connectivity index (χ2v) is 8.60. The van der Waals surface area contributed by atoms with Crippen molar-refractivity contribution in [2.45, 2.75) is 55.9 Å². The van der Waals surface area contributed by atoms with Gasteiger partial charge in [0.25, 0.3) is 0 Å². The number of nitrogens with zero attached hydrogens (tertiary/aromatic N) is 3. The molecule has 0 bridgehead atoms. The molecule has 0 amide bonds. The molecule has 7 heteroatoms. The first-order valence-electron chi connectivity index (χ1n) is 8.57. The van der Waals surface area contributed by atoms with E-state index in [2.05, 4.69) is 15.2 Å². The summed E-state index contributed by atoms with van der Waals surface area (Å²) in [6.45, 7) is 2.37. The Morgan fingerprint density at radius 2 is 1.96 bits per heavy atom. The Morgan fingerprint density at radius 3 is 2.71 bits per heavy atom. The number of aromatic amines is 1. The Bertz CT molecular complexity index is 842. The Hall–Kier alpha value is -1.73. The number of H-pyrrole nitrogens is 1. The summed E-state index contributed by atoms with van der Waals surface area (Å²) in [6.07, 6.45) is 4.93. The van der Waals surface area contributed by atoms with Gasteiger partial charge in [0, 0.05) is 12.5 Å². The molecule has 1 aromatic carbocycles. The maximum atomic E-state index is 13.2. The van der Waals surface area contributed by atoms with E-state index in [0.29, 0.717) is 23.2 Å². The van der Waals surface area contributed by atoms with Gasteiger partial charge in [-0.1, -0.05) is 24.6 Å². The second kappa shape index (κ2) is 5.97. The standard InChI is InChI=1S/C17H22N4O2S/c1-12-6-2-3-8-15(12)24(22,23)21-11-5-4-7-14(21)17-18-16(19-20-17)13-9-10-13/h2-3,6,8,13-14H,4-5,7,9-11H2,1H3,(H,18,19,20). The summed E-state index contributed by atoms with van der Waals surface area (Å²) < 4.78 is 28.0. The van der Waals surface area contributed by atoms with Crippen molar-refractivity contribution < 1.29 is 8.42 Å². The van der Waals surface area contributed by atoms with E-state index in [1.54, 1.807) is 16.4 Å². The molecule has 4 rings (SSSR count). The van der Waals surface area contributed by atoms with Crippen molar-refractivity contribution in [2.24, 2.45) is 0 Å². The zero-order chi connectivity index (χ0) is 16.7. The van der Waals surface area contributed by atoms with Crippen molar-refractivity contribution in [3.63, 3.8) is 0 Å². The lowest BCUT2D eigenvalue weighted by molar-refractivity contribution is 0.247. The number of nitrogens with one attached hydrogen (secondary N) is 1. The van der Waals surface area contributed by atoms with Gasteiger partial charge in [0.1, 0.15) is 5.82 Å². The minimum atomic E-state index is -3.54. The van der Waals surface area contributed by atoms with Crippen LogP contribution in [0.1, 0.15) is 61.3 Å². The van der Waals surface area contributed by atoms with Gasteiger partial charge in [-0.2, -0.15) is 9.40 Å². The molecule has 24 heavy (non-hydrogen) atoms.